The van der Waals surface area contributed by atoms with Crippen LogP contribution in [-0.4, -0.2) is 27.4 Å². The van der Waals surface area contributed by atoms with Gasteiger partial charge in [-0.05, 0) is 97.2 Å². The average molecular weight is 753 g/mol. The van der Waals surface area contributed by atoms with Gasteiger partial charge in [0.15, 0.2) is 16.5 Å². The number of halogens is 4. The van der Waals surface area contributed by atoms with E-state index in [4.69, 9.17) is 8.74 Å². The van der Waals surface area contributed by atoms with Crippen LogP contribution >= 0.6 is 0 Å². The van der Waals surface area contributed by atoms with Crippen LogP contribution in [0.4, 0.5) is 17.6 Å². The van der Waals surface area contributed by atoms with E-state index in [0.29, 0.717) is 5.92 Å². The van der Waals surface area contributed by atoms with Crippen molar-refractivity contribution in [3.8, 4) is 11.5 Å². The second kappa shape index (κ2) is 15.2. The highest BCUT2D eigenvalue weighted by Gasteiger charge is 2.36. The van der Waals surface area contributed by atoms with Gasteiger partial charge in [-0.2, -0.15) is 25.6 Å². The molecule has 6 rings (SSSR count). The number of hydrogen-bond acceptors (Lipinski definition) is 7. The van der Waals surface area contributed by atoms with E-state index in [1.54, 1.807) is 0 Å². The second-order valence-electron chi connectivity index (χ2n) is 13.9. The second-order valence-corrected chi connectivity index (χ2v) is 16.7. The van der Waals surface area contributed by atoms with Crippen LogP contribution in [0.2, 0.25) is 0 Å². The van der Waals surface area contributed by atoms with Gasteiger partial charge in [0, 0.05) is 0 Å². The van der Waals surface area contributed by atoms with Crippen LogP contribution in [0.1, 0.15) is 141 Å². The van der Waals surface area contributed by atoms with Crippen LogP contribution < -0.4 is 8.92 Å². The Morgan fingerprint density at radius 2 is 1.04 bits per heavy atom. The van der Waals surface area contributed by atoms with Crippen molar-refractivity contribution in [3.63, 3.8) is 0 Å². The number of rotatable bonds is 9. The number of benzene rings is 3. The lowest BCUT2D eigenvalue weighted by Crippen LogP contribution is -2.21. The van der Waals surface area contributed by atoms with E-state index < -0.39 is 65.7 Å². The molecule has 0 atom stereocenters. The molecule has 3 aromatic carbocycles. The Labute approximate surface area is 295 Å². The molecular formula is C37H40F4O8S2. The van der Waals surface area contributed by atoms with E-state index in [-0.39, 0.29) is 22.5 Å². The summed E-state index contributed by atoms with van der Waals surface area (Å²) >= 11 is 0. The first-order chi connectivity index (χ1) is 24.3. The molecule has 14 heteroatoms. The monoisotopic (exact) mass is 752 g/mol. The molecule has 3 saturated carbocycles. The SMILES string of the molecule is O=C(Oc1c(F)c(F)c(S(=O)(=O)O)c(F)c1F)c1ccc(OS(=O)(=O)c2c(C3CCCCC3)cc(C3CCCCC3)cc2C2CCCCC2)cc1. The van der Waals surface area contributed by atoms with Crippen molar-refractivity contribution in [2.45, 2.75) is 124 Å². The van der Waals surface area contributed by atoms with Gasteiger partial charge in [-0.15, -0.1) is 0 Å². The summed E-state index contributed by atoms with van der Waals surface area (Å²) in [7, 11) is -10.1. The minimum absolute atomic E-state index is 0.0668. The zero-order valence-electron chi connectivity index (χ0n) is 27.9. The van der Waals surface area contributed by atoms with Gasteiger partial charge in [-0.1, -0.05) is 69.9 Å². The summed E-state index contributed by atoms with van der Waals surface area (Å²) in [5.74, 6) is -12.7. The number of esters is 1. The molecule has 0 aromatic heterocycles. The van der Waals surface area contributed by atoms with Crippen LogP contribution in [0, 0.1) is 23.3 Å². The average Bonchev–Trinajstić information content (AvgIpc) is 3.12. The highest BCUT2D eigenvalue weighted by molar-refractivity contribution is 7.87. The van der Waals surface area contributed by atoms with Gasteiger partial charge in [0.2, 0.25) is 17.4 Å². The minimum Gasteiger partial charge on any atom is -0.416 e. The zero-order valence-corrected chi connectivity index (χ0v) is 29.6. The predicted molar refractivity (Wildman–Crippen MR) is 179 cm³/mol. The fourth-order valence-electron chi connectivity index (χ4n) is 7.97. The highest BCUT2D eigenvalue weighted by Crippen LogP contribution is 2.46. The van der Waals surface area contributed by atoms with Crippen molar-refractivity contribution in [3.05, 3.63) is 81.9 Å². The van der Waals surface area contributed by atoms with Crippen LogP contribution in [0.25, 0.3) is 0 Å². The zero-order chi connectivity index (χ0) is 36.5. The maximum absolute atomic E-state index is 14.5. The molecule has 3 fully saturated rings. The summed E-state index contributed by atoms with van der Waals surface area (Å²) in [4.78, 5) is 10.7. The molecule has 0 amide bonds. The van der Waals surface area contributed by atoms with Crippen molar-refractivity contribution >= 4 is 26.2 Å². The molecule has 3 aliphatic carbocycles. The lowest BCUT2D eigenvalue weighted by atomic mass is 9.76. The predicted octanol–water partition coefficient (Wildman–Crippen LogP) is 9.62. The van der Waals surface area contributed by atoms with E-state index >= 15 is 0 Å². The normalized spacial score (nSPS) is 18.5. The molecule has 0 unspecified atom stereocenters. The van der Waals surface area contributed by atoms with Gasteiger partial charge in [0.05, 0.1) is 5.56 Å². The van der Waals surface area contributed by atoms with Gasteiger partial charge >= 0.3 is 26.2 Å². The number of carbonyl (C=O) groups excluding carboxylic acids is 1. The number of hydrogen-bond donors (Lipinski definition) is 1. The fourth-order valence-corrected chi connectivity index (χ4v) is 10.1. The molecular weight excluding hydrogens is 713 g/mol. The molecule has 0 aliphatic heterocycles. The molecule has 3 aromatic rings. The largest absolute Gasteiger partial charge is 0.416 e. The molecule has 0 bridgehead atoms. The van der Waals surface area contributed by atoms with E-state index in [2.05, 4.69) is 16.9 Å². The highest BCUT2D eigenvalue weighted by atomic mass is 32.2. The molecule has 3 aliphatic rings. The van der Waals surface area contributed by atoms with Crippen molar-refractivity contribution in [2.24, 2.45) is 0 Å². The first kappa shape index (κ1) is 37.3. The van der Waals surface area contributed by atoms with Crippen molar-refractivity contribution in [2.75, 3.05) is 0 Å². The van der Waals surface area contributed by atoms with E-state index in [0.717, 1.165) is 125 Å². The molecule has 0 saturated heterocycles. The lowest BCUT2D eigenvalue weighted by molar-refractivity contribution is 0.0716. The van der Waals surface area contributed by atoms with Crippen LogP contribution in [0.3, 0.4) is 0 Å². The quantitative estimate of drug-likeness (QED) is 0.0573. The van der Waals surface area contributed by atoms with Gasteiger partial charge in [0.25, 0.3) is 0 Å². The standard InChI is InChI=1S/C37H40F4O8S2/c38-30-32(40)36(50(43,44)45)33(41)31(39)34(30)48-37(42)25-16-18-27(19-17-25)49-51(46,47)35-28(23-12-6-2-7-13-23)20-26(22-10-4-1-5-11-22)21-29(35)24-14-8-3-9-15-24/h16-24H,1-15H2,(H,43,44,45). The number of carbonyl (C=O) groups is 1. The molecule has 276 valence electrons. The summed E-state index contributed by atoms with van der Waals surface area (Å²) in [5, 5.41) is 0. The van der Waals surface area contributed by atoms with E-state index in [1.165, 1.54) is 12.0 Å². The van der Waals surface area contributed by atoms with Crippen molar-refractivity contribution < 1.29 is 52.7 Å². The Morgan fingerprint density at radius 3 is 1.47 bits per heavy atom. The van der Waals surface area contributed by atoms with Crippen LogP contribution in [0.5, 0.6) is 11.5 Å². The smallest absolute Gasteiger partial charge is 0.343 e. The van der Waals surface area contributed by atoms with Crippen LogP contribution in [-0.2, 0) is 20.2 Å². The molecule has 51 heavy (non-hydrogen) atoms. The maximum atomic E-state index is 14.5. The Hall–Kier alpha value is -3.49. The summed E-state index contributed by atoms with van der Waals surface area (Å²) in [5.41, 5.74) is 2.42. The third-order valence-corrected chi connectivity index (χ3v) is 12.8. The Morgan fingerprint density at radius 1 is 0.608 bits per heavy atom. The summed E-state index contributed by atoms with van der Waals surface area (Å²) in [6.45, 7) is 0. The van der Waals surface area contributed by atoms with E-state index in [1.807, 2.05) is 0 Å². The van der Waals surface area contributed by atoms with Crippen molar-refractivity contribution in [1.29, 1.82) is 0 Å². The molecule has 0 radical (unpaired) electrons. The molecule has 0 spiro atoms. The number of ether oxygens (including phenoxy) is 1. The van der Waals surface area contributed by atoms with Gasteiger partial charge in [-0.3, -0.25) is 4.55 Å². The molecule has 1 N–H and O–H groups in total. The van der Waals surface area contributed by atoms with Gasteiger partial charge in [-0.25, -0.2) is 13.6 Å². The first-order valence-corrected chi connectivity index (χ1v) is 20.4. The summed E-state index contributed by atoms with van der Waals surface area (Å²) < 4.78 is 128. The first-order valence-electron chi connectivity index (χ1n) is 17.5. The maximum Gasteiger partial charge on any atom is 0.343 e. The van der Waals surface area contributed by atoms with Gasteiger partial charge < -0.3 is 8.92 Å². The molecule has 0 heterocycles. The summed E-state index contributed by atoms with van der Waals surface area (Å²) in [6.07, 6.45) is 15.4. The van der Waals surface area contributed by atoms with Gasteiger partial charge in [0.1, 0.15) is 10.6 Å². The van der Waals surface area contributed by atoms with Crippen molar-refractivity contribution in [1.82, 2.24) is 0 Å². The van der Waals surface area contributed by atoms with E-state index in [9.17, 15) is 39.2 Å². The Balaban J connectivity index is 1.32. The third kappa shape index (κ3) is 7.97. The lowest BCUT2D eigenvalue weighted by Gasteiger charge is -2.32. The Kier molecular flexibility index (Phi) is 11.1. The topological polar surface area (TPSA) is 124 Å². The summed E-state index contributed by atoms with van der Waals surface area (Å²) in [6, 6.07) is 8.58. The van der Waals surface area contributed by atoms with Crippen LogP contribution in [0.15, 0.2) is 46.2 Å². The Bertz CT molecular complexity index is 1930. The molecule has 8 nitrogen and oxygen atoms in total. The third-order valence-electron chi connectivity index (χ3n) is 10.5. The fraction of sp³-hybridized carbons (Fsp3) is 0.486. The minimum atomic E-state index is -5.71.